The van der Waals surface area contributed by atoms with Gasteiger partial charge in [0.25, 0.3) is 5.91 Å². The summed E-state index contributed by atoms with van der Waals surface area (Å²) in [5, 5.41) is 10.5. The van der Waals surface area contributed by atoms with E-state index in [1.165, 1.54) is 12.1 Å². The van der Waals surface area contributed by atoms with Gasteiger partial charge in [0.15, 0.2) is 0 Å². The van der Waals surface area contributed by atoms with Gasteiger partial charge in [0, 0.05) is 11.4 Å². The number of rotatable bonds is 4. The number of aryl methyl sites for hydroxylation is 2. The monoisotopic (exact) mass is 324 g/mol. The molecule has 1 N–H and O–H groups in total. The number of nitrogens with zero attached hydrogens (tertiary/aromatic N) is 3. The van der Waals surface area contributed by atoms with E-state index in [2.05, 4.69) is 15.5 Å². The summed E-state index contributed by atoms with van der Waals surface area (Å²) in [5.74, 6) is -0.991. The highest BCUT2D eigenvalue weighted by atomic mass is 19.1. The molecule has 24 heavy (non-hydrogen) atoms. The summed E-state index contributed by atoms with van der Waals surface area (Å²) in [5.41, 5.74) is 3.51. The zero-order valence-electron chi connectivity index (χ0n) is 13.5. The molecule has 0 saturated heterocycles. The molecule has 0 atom stereocenters. The first-order chi connectivity index (χ1) is 11.6. The number of anilines is 1. The molecule has 6 heteroatoms. The summed E-state index contributed by atoms with van der Waals surface area (Å²) < 4.78 is 15.6. The maximum atomic E-state index is 13.8. The van der Waals surface area contributed by atoms with E-state index in [1.54, 1.807) is 29.4 Å². The molecule has 0 unspecified atom stereocenters. The van der Waals surface area contributed by atoms with Crippen LogP contribution in [0.4, 0.5) is 10.1 Å². The fourth-order valence-corrected chi connectivity index (χ4v) is 2.61. The van der Waals surface area contributed by atoms with E-state index in [-0.39, 0.29) is 5.56 Å². The van der Waals surface area contributed by atoms with Gasteiger partial charge in [-0.2, -0.15) is 0 Å². The highest BCUT2D eigenvalue weighted by molar-refractivity contribution is 6.05. The lowest BCUT2D eigenvalue weighted by Gasteiger charge is -2.16. The third kappa shape index (κ3) is 3.03. The molecule has 1 aromatic heterocycles. The SMILES string of the molecule is CCc1cc(-n2cnnc2)cc(C)c1NC(=O)c1ccccc1F. The van der Waals surface area contributed by atoms with Gasteiger partial charge in [0.05, 0.1) is 5.56 Å². The number of carbonyl (C=O) groups excluding carboxylic acids is 1. The molecule has 3 aromatic rings. The van der Waals surface area contributed by atoms with Crippen LogP contribution in [-0.4, -0.2) is 20.7 Å². The molecule has 0 aliphatic rings. The van der Waals surface area contributed by atoms with Crippen molar-refractivity contribution in [2.24, 2.45) is 0 Å². The Balaban J connectivity index is 1.96. The van der Waals surface area contributed by atoms with Crippen molar-refractivity contribution in [1.82, 2.24) is 14.8 Å². The van der Waals surface area contributed by atoms with Crippen molar-refractivity contribution in [1.29, 1.82) is 0 Å². The second-order valence-corrected chi connectivity index (χ2v) is 5.45. The van der Waals surface area contributed by atoms with Crippen LogP contribution in [-0.2, 0) is 6.42 Å². The number of amides is 1. The number of benzene rings is 2. The van der Waals surface area contributed by atoms with E-state index in [4.69, 9.17) is 0 Å². The lowest BCUT2D eigenvalue weighted by atomic mass is 10.0. The predicted octanol–water partition coefficient (Wildman–Crippen LogP) is 3.53. The fraction of sp³-hybridized carbons (Fsp3) is 0.167. The van der Waals surface area contributed by atoms with E-state index in [0.717, 1.165) is 23.2 Å². The van der Waals surface area contributed by atoms with Gasteiger partial charge in [-0.3, -0.25) is 9.36 Å². The molecule has 0 spiro atoms. The Morgan fingerprint density at radius 3 is 2.58 bits per heavy atom. The smallest absolute Gasteiger partial charge is 0.258 e. The lowest BCUT2D eigenvalue weighted by Crippen LogP contribution is -2.16. The minimum atomic E-state index is -0.535. The Morgan fingerprint density at radius 2 is 1.92 bits per heavy atom. The quantitative estimate of drug-likeness (QED) is 0.798. The van der Waals surface area contributed by atoms with Crippen molar-refractivity contribution in [2.45, 2.75) is 20.3 Å². The van der Waals surface area contributed by atoms with E-state index in [0.29, 0.717) is 5.69 Å². The first-order valence-corrected chi connectivity index (χ1v) is 7.64. The molecule has 5 nitrogen and oxygen atoms in total. The number of nitrogens with one attached hydrogen (secondary N) is 1. The Hall–Kier alpha value is -3.02. The zero-order chi connectivity index (χ0) is 17.1. The van der Waals surface area contributed by atoms with E-state index in [9.17, 15) is 9.18 Å². The standard InChI is InChI=1S/C18H17FN4O/c1-3-13-9-14(23-10-20-21-11-23)8-12(2)17(13)22-18(24)15-6-4-5-7-16(15)19/h4-11H,3H2,1-2H3,(H,22,24). The van der Waals surface area contributed by atoms with Gasteiger partial charge < -0.3 is 5.32 Å². The Bertz CT molecular complexity index is 875. The Kier molecular flexibility index (Phi) is 4.37. The normalized spacial score (nSPS) is 10.6. The molecule has 3 rings (SSSR count). The molecule has 0 aliphatic carbocycles. The molecule has 1 heterocycles. The molecule has 1 amide bonds. The Labute approximate surface area is 139 Å². The molecular weight excluding hydrogens is 307 g/mol. The highest BCUT2D eigenvalue weighted by Crippen LogP contribution is 2.26. The molecule has 0 bridgehead atoms. The van der Waals surface area contributed by atoms with Crippen LogP contribution in [0.15, 0.2) is 49.1 Å². The van der Waals surface area contributed by atoms with E-state index in [1.807, 2.05) is 26.0 Å². The largest absolute Gasteiger partial charge is 0.321 e. The predicted molar refractivity (Wildman–Crippen MR) is 89.8 cm³/mol. The molecule has 2 aromatic carbocycles. The number of halogens is 1. The summed E-state index contributed by atoms with van der Waals surface area (Å²) >= 11 is 0. The van der Waals surface area contributed by atoms with Crippen LogP contribution in [0.3, 0.4) is 0 Å². The average molecular weight is 324 g/mol. The summed E-state index contributed by atoms with van der Waals surface area (Å²) in [6.45, 7) is 3.91. The van der Waals surface area contributed by atoms with Gasteiger partial charge in [-0.15, -0.1) is 10.2 Å². The Morgan fingerprint density at radius 1 is 1.21 bits per heavy atom. The van der Waals surface area contributed by atoms with Crippen molar-refractivity contribution in [3.8, 4) is 5.69 Å². The van der Waals surface area contributed by atoms with Crippen molar-refractivity contribution in [3.63, 3.8) is 0 Å². The van der Waals surface area contributed by atoms with Gasteiger partial charge in [-0.05, 0) is 48.7 Å². The fourth-order valence-electron chi connectivity index (χ4n) is 2.61. The maximum Gasteiger partial charge on any atom is 0.258 e. The van der Waals surface area contributed by atoms with Gasteiger partial charge in [0.2, 0.25) is 0 Å². The minimum Gasteiger partial charge on any atom is -0.321 e. The number of hydrogen-bond acceptors (Lipinski definition) is 3. The van der Waals surface area contributed by atoms with Crippen LogP contribution in [0, 0.1) is 12.7 Å². The number of hydrogen-bond donors (Lipinski definition) is 1. The summed E-state index contributed by atoms with van der Waals surface area (Å²) in [4.78, 5) is 12.4. The van der Waals surface area contributed by atoms with Crippen LogP contribution in [0.2, 0.25) is 0 Å². The second-order valence-electron chi connectivity index (χ2n) is 5.45. The molecule has 0 saturated carbocycles. The van der Waals surface area contributed by atoms with Crippen molar-refractivity contribution < 1.29 is 9.18 Å². The first kappa shape index (κ1) is 15.9. The third-order valence-corrected chi connectivity index (χ3v) is 3.86. The van der Waals surface area contributed by atoms with Crippen LogP contribution in [0.25, 0.3) is 5.69 Å². The lowest BCUT2D eigenvalue weighted by molar-refractivity contribution is 0.102. The molecule has 0 radical (unpaired) electrons. The number of carbonyl (C=O) groups is 1. The summed E-state index contributed by atoms with van der Waals surface area (Å²) in [6.07, 6.45) is 3.96. The van der Waals surface area contributed by atoms with Gasteiger partial charge in [-0.25, -0.2) is 4.39 Å². The van der Waals surface area contributed by atoms with E-state index < -0.39 is 11.7 Å². The summed E-state index contributed by atoms with van der Waals surface area (Å²) in [7, 11) is 0. The van der Waals surface area contributed by atoms with Gasteiger partial charge >= 0.3 is 0 Å². The molecule has 0 fully saturated rings. The van der Waals surface area contributed by atoms with Crippen molar-refractivity contribution in [3.05, 3.63) is 71.6 Å². The molecule has 122 valence electrons. The van der Waals surface area contributed by atoms with Crippen LogP contribution < -0.4 is 5.32 Å². The van der Waals surface area contributed by atoms with Crippen molar-refractivity contribution in [2.75, 3.05) is 5.32 Å². The summed E-state index contributed by atoms with van der Waals surface area (Å²) in [6, 6.07) is 9.84. The minimum absolute atomic E-state index is 0.0295. The first-order valence-electron chi connectivity index (χ1n) is 7.64. The topological polar surface area (TPSA) is 59.8 Å². The van der Waals surface area contributed by atoms with Crippen molar-refractivity contribution >= 4 is 11.6 Å². The average Bonchev–Trinajstić information content (AvgIpc) is 3.11. The maximum absolute atomic E-state index is 13.8. The second kappa shape index (κ2) is 6.62. The molecular formula is C18H17FN4O. The zero-order valence-corrected chi connectivity index (χ0v) is 13.5. The molecule has 0 aliphatic heterocycles. The van der Waals surface area contributed by atoms with Gasteiger partial charge in [0.1, 0.15) is 18.5 Å². The van der Waals surface area contributed by atoms with Crippen LogP contribution in [0.1, 0.15) is 28.4 Å². The van der Waals surface area contributed by atoms with Gasteiger partial charge in [-0.1, -0.05) is 19.1 Å². The highest BCUT2D eigenvalue weighted by Gasteiger charge is 2.15. The number of aromatic nitrogens is 3. The third-order valence-electron chi connectivity index (χ3n) is 3.86. The van der Waals surface area contributed by atoms with E-state index >= 15 is 0 Å². The van der Waals surface area contributed by atoms with Crippen LogP contribution in [0.5, 0.6) is 0 Å². The van der Waals surface area contributed by atoms with Crippen LogP contribution >= 0.6 is 0 Å².